The van der Waals surface area contributed by atoms with E-state index in [4.69, 9.17) is 4.74 Å². The Bertz CT molecular complexity index is 391. The van der Waals surface area contributed by atoms with Crippen molar-refractivity contribution in [3.63, 3.8) is 0 Å². The molecule has 0 aliphatic rings. The lowest BCUT2D eigenvalue weighted by Gasteiger charge is -2.29. The Kier molecular flexibility index (Phi) is 6.08. The quantitative estimate of drug-likeness (QED) is 0.831. The molecule has 0 unspecified atom stereocenters. The monoisotopic (exact) mass is 279 g/mol. The topological polar surface area (TPSA) is 47.0 Å². The molecule has 1 heterocycles. The first-order valence-corrected chi connectivity index (χ1v) is 7.57. The van der Waals surface area contributed by atoms with Crippen molar-refractivity contribution >= 4 is 0 Å². The van der Waals surface area contributed by atoms with Gasteiger partial charge in [-0.25, -0.2) is 9.97 Å². The molecule has 0 atom stereocenters. The molecule has 0 amide bonds. The van der Waals surface area contributed by atoms with Crippen LogP contribution in [0.2, 0.25) is 0 Å². The summed E-state index contributed by atoms with van der Waals surface area (Å²) in [4.78, 5) is 9.07. The lowest BCUT2D eigenvalue weighted by Crippen LogP contribution is -2.35. The van der Waals surface area contributed by atoms with E-state index in [1.807, 2.05) is 19.3 Å². The van der Waals surface area contributed by atoms with Crippen LogP contribution >= 0.6 is 0 Å². The number of hydrogen-bond acceptors (Lipinski definition) is 4. The van der Waals surface area contributed by atoms with Gasteiger partial charge >= 0.3 is 0 Å². The third-order valence-electron chi connectivity index (χ3n) is 3.50. The SMILES string of the molecule is CCOC(CC)(CC)c1ncc(CNC(C)(C)C)cn1. The molecule has 1 aromatic heterocycles. The molecular weight excluding hydrogens is 250 g/mol. The Balaban J connectivity index is 2.83. The van der Waals surface area contributed by atoms with Crippen molar-refractivity contribution in [2.24, 2.45) is 0 Å². The minimum Gasteiger partial charge on any atom is -0.367 e. The molecule has 20 heavy (non-hydrogen) atoms. The van der Waals surface area contributed by atoms with Crippen molar-refractivity contribution in [2.45, 2.75) is 72.1 Å². The van der Waals surface area contributed by atoms with E-state index in [9.17, 15) is 0 Å². The normalized spacial score (nSPS) is 12.7. The number of hydrogen-bond donors (Lipinski definition) is 1. The fourth-order valence-electron chi connectivity index (χ4n) is 2.16. The van der Waals surface area contributed by atoms with Gasteiger partial charge in [0.15, 0.2) is 5.82 Å². The molecule has 1 N–H and O–H groups in total. The maximum absolute atomic E-state index is 5.93. The number of rotatable bonds is 7. The highest BCUT2D eigenvalue weighted by Crippen LogP contribution is 2.30. The molecule has 0 saturated carbocycles. The van der Waals surface area contributed by atoms with Crippen molar-refractivity contribution in [2.75, 3.05) is 6.61 Å². The number of nitrogens with zero attached hydrogens (tertiary/aromatic N) is 2. The van der Waals surface area contributed by atoms with E-state index in [1.54, 1.807) is 0 Å². The van der Waals surface area contributed by atoms with Gasteiger partial charge in [0, 0.05) is 36.6 Å². The largest absolute Gasteiger partial charge is 0.367 e. The summed E-state index contributed by atoms with van der Waals surface area (Å²) in [5.41, 5.74) is 0.854. The van der Waals surface area contributed by atoms with Crippen LogP contribution in [0.5, 0.6) is 0 Å². The van der Waals surface area contributed by atoms with Gasteiger partial charge in [-0.3, -0.25) is 0 Å². The molecule has 0 spiro atoms. The molecule has 0 fully saturated rings. The van der Waals surface area contributed by atoms with Gasteiger partial charge in [-0.2, -0.15) is 0 Å². The minimum absolute atomic E-state index is 0.0978. The molecule has 0 aliphatic carbocycles. The van der Waals surface area contributed by atoms with E-state index in [2.05, 4.69) is 49.9 Å². The molecule has 0 aliphatic heterocycles. The summed E-state index contributed by atoms with van der Waals surface area (Å²) in [6.07, 6.45) is 5.58. The second kappa shape index (κ2) is 7.14. The Hall–Kier alpha value is -1.00. The molecule has 0 radical (unpaired) electrons. The van der Waals surface area contributed by atoms with Crippen LogP contribution in [0.3, 0.4) is 0 Å². The van der Waals surface area contributed by atoms with Crippen molar-refractivity contribution in [3.05, 3.63) is 23.8 Å². The highest BCUT2D eigenvalue weighted by molar-refractivity contribution is 5.10. The predicted molar refractivity (Wildman–Crippen MR) is 82.5 cm³/mol. The third kappa shape index (κ3) is 4.53. The maximum Gasteiger partial charge on any atom is 0.160 e. The minimum atomic E-state index is -0.343. The van der Waals surface area contributed by atoms with E-state index >= 15 is 0 Å². The summed E-state index contributed by atoms with van der Waals surface area (Å²) in [6.45, 7) is 14.2. The molecule has 0 aromatic carbocycles. The molecular formula is C16H29N3O. The average Bonchev–Trinajstić information content (AvgIpc) is 2.43. The zero-order valence-electron chi connectivity index (χ0n) is 13.8. The van der Waals surface area contributed by atoms with Gasteiger partial charge in [0.2, 0.25) is 0 Å². The maximum atomic E-state index is 5.93. The van der Waals surface area contributed by atoms with Crippen molar-refractivity contribution in [1.82, 2.24) is 15.3 Å². The van der Waals surface area contributed by atoms with Crippen LogP contribution in [0, 0.1) is 0 Å². The fraction of sp³-hybridized carbons (Fsp3) is 0.750. The molecule has 0 saturated heterocycles. The number of ether oxygens (including phenoxy) is 1. The Morgan fingerprint density at radius 1 is 1.05 bits per heavy atom. The summed E-state index contributed by atoms with van der Waals surface area (Å²) in [6, 6.07) is 0. The first-order chi connectivity index (χ1) is 9.37. The van der Waals surface area contributed by atoms with E-state index in [0.29, 0.717) is 6.61 Å². The van der Waals surface area contributed by atoms with Gasteiger partial charge in [-0.1, -0.05) is 13.8 Å². The van der Waals surface area contributed by atoms with Crippen LogP contribution in [0.4, 0.5) is 0 Å². The number of aromatic nitrogens is 2. The summed E-state index contributed by atoms with van der Waals surface area (Å²) in [5.74, 6) is 0.795. The zero-order chi connectivity index (χ0) is 15.2. The van der Waals surface area contributed by atoms with Crippen molar-refractivity contribution < 1.29 is 4.74 Å². The molecule has 1 rings (SSSR count). The zero-order valence-corrected chi connectivity index (χ0v) is 13.8. The van der Waals surface area contributed by atoms with Crippen LogP contribution < -0.4 is 5.32 Å². The van der Waals surface area contributed by atoms with Crippen LogP contribution in [-0.4, -0.2) is 22.1 Å². The Morgan fingerprint density at radius 2 is 1.60 bits per heavy atom. The van der Waals surface area contributed by atoms with Gasteiger partial charge in [-0.05, 0) is 40.5 Å². The Labute approximate surface area is 123 Å². The van der Waals surface area contributed by atoms with E-state index in [1.165, 1.54) is 0 Å². The highest BCUT2D eigenvalue weighted by atomic mass is 16.5. The van der Waals surface area contributed by atoms with Gasteiger partial charge < -0.3 is 10.1 Å². The highest BCUT2D eigenvalue weighted by Gasteiger charge is 2.31. The third-order valence-corrected chi connectivity index (χ3v) is 3.50. The van der Waals surface area contributed by atoms with E-state index in [0.717, 1.165) is 30.8 Å². The predicted octanol–water partition coefficient (Wildman–Crippen LogP) is 3.42. The lowest BCUT2D eigenvalue weighted by molar-refractivity contribution is -0.0572. The number of nitrogens with one attached hydrogen (secondary N) is 1. The molecule has 1 aromatic rings. The van der Waals surface area contributed by atoms with E-state index < -0.39 is 0 Å². The van der Waals surface area contributed by atoms with Crippen LogP contribution in [0.1, 0.15) is 65.8 Å². The van der Waals surface area contributed by atoms with Crippen LogP contribution in [0.25, 0.3) is 0 Å². The summed E-state index contributed by atoms with van der Waals surface area (Å²) in [7, 11) is 0. The fourth-order valence-corrected chi connectivity index (χ4v) is 2.16. The second-order valence-electron chi connectivity index (χ2n) is 6.15. The molecule has 0 bridgehead atoms. The summed E-state index contributed by atoms with van der Waals surface area (Å²) >= 11 is 0. The lowest BCUT2D eigenvalue weighted by atomic mass is 9.96. The van der Waals surface area contributed by atoms with E-state index in [-0.39, 0.29) is 11.1 Å². The first-order valence-electron chi connectivity index (χ1n) is 7.57. The van der Waals surface area contributed by atoms with Crippen LogP contribution in [0.15, 0.2) is 12.4 Å². The molecule has 114 valence electrons. The van der Waals surface area contributed by atoms with Gasteiger partial charge in [-0.15, -0.1) is 0 Å². The smallest absolute Gasteiger partial charge is 0.160 e. The molecule has 4 heteroatoms. The second-order valence-corrected chi connectivity index (χ2v) is 6.15. The van der Waals surface area contributed by atoms with Crippen molar-refractivity contribution in [1.29, 1.82) is 0 Å². The van der Waals surface area contributed by atoms with Gasteiger partial charge in [0.05, 0.1) is 0 Å². The van der Waals surface area contributed by atoms with Crippen LogP contribution in [-0.2, 0) is 16.9 Å². The van der Waals surface area contributed by atoms with Gasteiger partial charge in [0.25, 0.3) is 0 Å². The first kappa shape index (κ1) is 17.1. The summed E-state index contributed by atoms with van der Waals surface area (Å²) < 4.78 is 5.93. The Morgan fingerprint density at radius 3 is 2.00 bits per heavy atom. The summed E-state index contributed by atoms with van der Waals surface area (Å²) in [5, 5.41) is 3.44. The average molecular weight is 279 g/mol. The van der Waals surface area contributed by atoms with Gasteiger partial charge in [0.1, 0.15) is 5.60 Å². The molecule has 4 nitrogen and oxygen atoms in total. The van der Waals surface area contributed by atoms with Crippen molar-refractivity contribution in [3.8, 4) is 0 Å². The standard InChI is InChI=1S/C16H29N3O/c1-7-16(8-2,20-9-3)14-17-10-13(11-18-14)12-19-15(4,5)6/h10-11,19H,7-9,12H2,1-6H3.